The second kappa shape index (κ2) is 8.34. The number of amides is 1. The van der Waals surface area contributed by atoms with Gasteiger partial charge >= 0.3 is 5.97 Å². The molecule has 6 nitrogen and oxygen atoms in total. The van der Waals surface area contributed by atoms with Gasteiger partial charge in [-0.05, 0) is 33.6 Å². The highest BCUT2D eigenvalue weighted by atomic mass is 16.5. The van der Waals surface area contributed by atoms with Crippen LogP contribution in [0.3, 0.4) is 0 Å². The molecule has 0 radical (unpaired) electrons. The minimum atomic E-state index is -0.845. The molecule has 1 saturated carbocycles. The third-order valence-corrected chi connectivity index (χ3v) is 4.08. The van der Waals surface area contributed by atoms with Gasteiger partial charge in [0.25, 0.3) is 0 Å². The molecule has 1 amide bonds. The van der Waals surface area contributed by atoms with Crippen molar-refractivity contribution in [1.82, 2.24) is 5.32 Å². The molecule has 1 aliphatic rings. The topological polar surface area (TPSA) is 84.9 Å². The number of carboxylic acid groups (broad SMARTS) is 1. The van der Waals surface area contributed by atoms with Crippen LogP contribution in [0.15, 0.2) is 0 Å². The van der Waals surface area contributed by atoms with Crippen LogP contribution in [0.5, 0.6) is 0 Å². The lowest BCUT2D eigenvalue weighted by Crippen LogP contribution is -2.57. The molecule has 0 heterocycles. The van der Waals surface area contributed by atoms with Gasteiger partial charge in [-0.1, -0.05) is 12.8 Å². The Hall–Kier alpha value is -1.14. The van der Waals surface area contributed by atoms with Gasteiger partial charge < -0.3 is 19.9 Å². The summed E-state index contributed by atoms with van der Waals surface area (Å²) in [6.07, 6.45) is 2.49. The number of carboxylic acids is 1. The minimum absolute atomic E-state index is 0.262. The number of hydrogen-bond donors (Lipinski definition) is 2. The van der Waals surface area contributed by atoms with E-state index in [1.807, 2.05) is 13.8 Å². The molecule has 0 saturated heterocycles. The maximum atomic E-state index is 12.2. The van der Waals surface area contributed by atoms with Crippen molar-refractivity contribution in [2.75, 3.05) is 19.8 Å². The summed E-state index contributed by atoms with van der Waals surface area (Å²) >= 11 is 0. The number of hydrogen-bond acceptors (Lipinski definition) is 4. The van der Waals surface area contributed by atoms with E-state index >= 15 is 0 Å². The highest BCUT2D eigenvalue weighted by Crippen LogP contribution is 2.33. The van der Waals surface area contributed by atoms with Gasteiger partial charge in [0, 0.05) is 6.61 Å². The van der Waals surface area contributed by atoms with Crippen LogP contribution in [-0.2, 0) is 19.1 Å². The van der Waals surface area contributed by atoms with Crippen molar-refractivity contribution in [2.45, 2.75) is 58.1 Å². The van der Waals surface area contributed by atoms with Crippen LogP contribution in [0, 0.1) is 5.92 Å². The monoisotopic (exact) mass is 301 g/mol. The number of aliphatic carboxylic acids is 1. The Morgan fingerprint density at radius 3 is 2.71 bits per heavy atom. The predicted molar refractivity (Wildman–Crippen MR) is 78.0 cm³/mol. The zero-order valence-corrected chi connectivity index (χ0v) is 13.2. The van der Waals surface area contributed by atoms with E-state index in [1.54, 1.807) is 6.92 Å². The zero-order chi connectivity index (χ0) is 15.9. The third kappa shape index (κ3) is 5.28. The standard InChI is InChI=1S/C15H27NO5/c1-4-20-9-10-21-11(2)13(17)16-15(3)8-6-5-7-12(15)14(18)19/h11-12H,4-10H2,1-3H3,(H,16,17)(H,18,19). The van der Waals surface area contributed by atoms with Crippen molar-refractivity contribution in [3.05, 3.63) is 0 Å². The second-order valence-corrected chi connectivity index (χ2v) is 5.75. The lowest BCUT2D eigenvalue weighted by Gasteiger charge is -2.40. The van der Waals surface area contributed by atoms with Crippen LogP contribution in [-0.4, -0.2) is 48.4 Å². The maximum absolute atomic E-state index is 12.2. The molecule has 1 rings (SSSR count). The molecule has 1 fully saturated rings. The van der Waals surface area contributed by atoms with Crippen LogP contribution in [0.25, 0.3) is 0 Å². The molecular weight excluding hydrogens is 274 g/mol. The van der Waals surface area contributed by atoms with E-state index in [2.05, 4.69) is 5.32 Å². The first-order valence-electron chi connectivity index (χ1n) is 7.65. The smallest absolute Gasteiger partial charge is 0.308 e. The Morgan fingerprint density at radius 2 is 2.10 bits per heavy atom. The van der Waals surface area contributed by atoms with Crippen LogP contribution in [0.4, 0.5) is 0 Å². The van der Waals surface area contributed by atoms with E-state index in [1.165, 1.54) is 0 Å². The van der Waals surface area contributed by atoms with Gasteiger partial charge in [0.1, 0.15) is 6.10 Å². The Balaban J connectivity index is 2.52. The number of carbonyl (C=O) groups is 2. The van der Waals surface area contributed by atoms with E-state index in [0.29, 0.717) is 32.7 Å². The second-order valence-electron chi connectivity index (χ2n) is 5.75. The first-order valence-corrected chi connectivity index (χ1v) is 7.65. The average Bonchev–Trinajstić information content (AvgIpc) is 2.43. The molecular formula is C15H27NO5. The molecule has 0 aliphatic heterocycles. The molecule has 1 aliphatic carbocycles. The van der Waals surface area contributed by atoms with Crippen LogP contribution in [0.2, 0.25) is 0 Å². The van der Waals surface area contributed by atoms with Gasteiger partial charge in [-0.25, -0.2) is 0 Å². The summed E-state index contributed by atoms with van der Waals surface area (Å²) in [6.45, 7) is 6.79. The lowest BCUT2D eigenvalue weighted by molar-refractivity contribution is -0.148. The molecule has 3 unspecified atom stereocenters. The Kier molecular flexibility index (Phi) is 7.11. The van der Waals surface area contributed by atoms with E-state index in [9.17, 15) is 14.7 Å². The minimum Gasteiger partial charge on any atom is -0.481 e. The van der Waals surface area contributed by atoms with E-state index in [-0.39, 0.29) is 5.91 Å². The molecule has 21 heavy (non-hydrogen) atoms. The quantitative estimate of drug-likeness (QED) is 0.665. The highest BCUT2D eigenvalue weighted by Gasteiger charge is 2.42. The fraction of sp³-hybridized carbons (Fsp3) is 0.867. The molecule has 0 bridgehead atoms. The van der Waals surface area contributed by atoms with Crippen molar-refractivity contribution in [3.63, 3.8) is 0 Å². The SMILES string of the molecule is CCOCCOC(C)C(=O)NC1(C)CCCCC1C(=O)O. The van der Waals surface area contributed by atoms with Crippen molar-refractivity contribution in [1.29, 1.82) is 0 Å². The van der Waals surface area contributed by atoms with Gasteiger partial charge in [-0.3, -0.25) is 9.59 Å². The maximum Gasteiger partial charge on any atom is 0.308 e. The van der Waals surface area contributed by atoms with E-state index in [0.717, 1.165) is 12.8 Å². The Morgan fingerprint density at radius 1 is 1.38 bits per heavy atom. The molecule has 0 aromatic carbocycles. The number of nitrogens with one attached hydrogen (secondary N) is 1. The van der Waals surface area contributed by atoms with Crippen LogP contribution in [0.1, 0.15) is 46.5 Å². The fourth-order valence-corrected chi connectivity index (χ4v) is 2.77. The predicted octanol–water partition coefficient (Wildman–Crippen LogP) is 1.58. The fourth-order valence-electron chi connectivity index (χ4n) is 2.77. The van der Waals surface area contributed by atoms with Crippen molar-refractivity contribution in [2.24, 2.45) is 5.92 Å². The van der Waals surface area contributed by atoms with Gasteiger partial charge in [0.15, 0.2) is 0 Å². The zero-order valence-electron chi connectivity index (χ0n) is 13.2. The van der Waals surface area contributed by atoms with E-state index < -0.39 is 23.5 Å². The number of carbonyl (C=O) groups excluding carboxylic acids is 1. The molecule has 3 atom stereocenters. The van der Waals surface area contributed by atoms with Crippen molar-refractivity contribution >= 4 is 11.9 Å². The normalized spacial score (nSPS) is 27.1. The largest absolute Gasteiger partial charge is 0.481 e. The first-order chi connectivity index (χ1) is 9.90. The lowest BCUT2D eigenvalue weighted by atomic mass is 9.74. The van der Waals surface area contributed by atoms with E-state index in [4.69, 9.17) is 9.47 Å². The molecule has 2 N–H and O–H groups in total. The molecule has 6 heteroatoms. The first kappa shape index (κ1) is 17.9. The van der Waals surface area contributed by atoms with Gasteiger partial charge in [0.2, 0.25) is 5.91 Å². The molecule has 122 valence electrons. The van der Waals surface area contributed by atoms with Crippen LogP contribution >= 0.6 is 0 Å². The Bertz CT molecular complexity index is 360. The van der Waals surface area contributed by atoms with Crippen molar-refractivity contribution < 1.29 is 24.2 Å². The number of rotatable bonds is 8. The highest BCUT2D eigenvalue weighted by molar-refractivity contribution is 5.82. The van der Waals surface area contributed by atoms with Crippen molar-refractivity contribution in [3.8, 4) is 0 Å². The van der Waals surface area contributed by atoms with Gasteiger partial charge in [-0.2, -0.15) is 0 Å². The third-order valence-electron chi connectivity index (χ3n) is 4.08. The summed E-state index contributed by atoms with van der Waals surface area (Å²) in [7, 11) is 0. The summed E-state index contributed by atoms with van der Waals surface area (Å²) in [5.41, 5.74) is -0.696. The summed E-state index contributed by atoms with van der Waals surface area (Å²) in [6, 6.07) is 0. The molecule has 0 aromatic heterocycles. The average molecular weight is 301 g/mol. The summed E-state index contributed by atoms with van der Waals surface area (Å²) in [4.78, 5) is 23.5. The Labute approximate surface area is 126 Å². The van der Waals surface area contributed by atoms with Crippen LogP contribution < -0.4 is 5.32 Å². The summed E-state index contributed by atoms with van der Waals surface area (Å²) in [5.74, 6) is -1.64. The molecule has 0 aromatic rings. The summed E-state index contributed by atoms with van der Waals surface area (Å²) < 4.78 is 10.6. The summed E-state index contributed by atoms with van der Waals surface area (Å²) in [5, 5.41) is 12.2. The molecule has 0 spiro atoms. The van der Waals surface area contributed by atoms with Gasteiger partial charge in [0.05, 0.1) is 24.7 Å². The number of ether oxygens (including phenoxy) is 2. The van der Waals surface area contributed by atoms with Gasteiger partial charge in [-0.15, -0.1) is 0 Å².